The van der Waals surface area contributed by atoms with Gasteiger partial charge >= 0.3 is 0 Å². The van der Waals surface area contributed by atoms with E-state index in [-0.39, 0.29) is 0 Å². The van der Waals surface area contributed by atoms with Gasteiger partial charge in [-0.25, -0.2) is 0 Å². The van der Waals surface area contributed by atoms with Crippen LogP contribution in [0.15, 0.2) is 0 Å². The highest BCUT2D eigenvalue weighted by Crippen LogP contribution is 1.91. The first-order valence-corrected chi connectivity index (χ1v) is 5.23. The van der Waals surface area contributed by atoms with Gasteiger partial charge in [0.25, 0.3) is 0 Å². The summed E-state index contributed by atoms with van der Waals surface area (Å²) in [5.74, 6) is 0. The van der Waals surface area contributed by atoms with Gasteiger partial charge in [-0.1, -0.05) is 0 Å². The SMILES string of the molecule is COCCN(CCN)CCOC(C)C. The molecule has 0 aliphatic carbocycles. The summed E-state index contributed by atoms with van der Waals surface area (Å²) in [4.78, 5) is 2.26. The quantitative estimate of drug-likeness (QED) is 0.587. The second-order valence-corrected chi connectivity index (χ2v) is 3.54. The Kier molecular flexibility index (Phi) is 9.29. The molecule has 0 aromatic heterocycles. The third kappa shape index (κ3) is 8.44. The van der Waals surface area contributed by atoms with Crippen molar-refractivity contribution in [3.05, 3.63) is 0 Å². The highest BCUT2D eigenvalue weighted by Gasteiger charge is 2.03. The predicted molar refractivity (Wildman–Crippen MR) is 58.5 cm³/mol. The molecule has 0 aliphatic rings. The Morgan fingerprint density at radius 1 is 1.14 bits per heavy atom. The van der Waals surface area contributed by atoms with Gasteiger partial charge in [0.2, 0.25) is 0 Å². The highest BCUT2D eigenvalue weighted by atomic mass is 16.5. The summed E-state index contributed by atoms with van der Waals surface area (Å²) in [5, 5.41) is 0. The molecule has 0 atom stereocenters. The van der Waals surface area contributed by atoms with Crippen molar-refractivity contribution in [2.24, 2.45) is 5.73 Å². The van der Waals surface area contributed by atoms with E-state index in [4.69, 9.17) is 15.2 Å². The largest absolute Gasteiger partial charge is 0.383 e. The summed E-state index contributed by atoms with van der Waals surface area (Å²) < 4.78 is 10.5. The van der Waals surface area contributed by atoms with Crippen LogP contribution in [0.1, 0.15) is 13.8 Å². The Balaban J connectivity index is 3.50. The molecule has 0 saturated carbocycles. The molecule has 0 bridgehead atoms. The summed E-state index contributed by atoms with van der Waals surface area (Å²) in [6.07, 6.45) is 0.303. The molecule has 2 N–H and O–H groups in total. The molecule has 0 fully saturated rings. The molecule has 0 heterocycles. The van der Waals surface area contributed by atoms with Gasteiger partial charge in [0, 0.05) is 33.3 Å². The fraction of sp³-hybridized carbons (Fsp3) is 1.00. The van der Waals surface area contributed by atoms with E-state index in [1.165, 1.54) is 0 Å². The van der Waals surface area contributed by atoms with Crippen LogP contribution in [0.25, 0.3) is 0 Å². The smallest absolute Gasteiger partial charge is 0.0596 e. The maximum atomic E-state index is 5.51. The van der Waals surface area contributed by atoms with Crippen molar-refractivity contribution in [2.45, 2.75) is 20.0 Å². The summed E-state index contributed by atoms with van der Waals surface area (Å²) in [6, 6.07) is 0. The van der Waals surface area contributed by atoms with Crippen LogP contribution in [0.3, 0.4) is 0 Å². The zero-order valence-corrected chi connectivity index (χ0v) is 9.66. The second kappa shape index (κ2) is 9.40. The van der Waals surface area contributed by atoms with Crippen LogP contribution in [-0.4, -0.2) is 57.5 Å². The van der Waals surface area contributed by atoms with E-state index in [2.05, 4.69) is 4.90 Å². The fourth-order valence-electron chi connectivity index (χ4n) is 1.16. The first-order valence-electron chi connectivity index (χ1n) is 5.23. The highest BCUT2D eigenvalue weighted by molar-refractivity contribution is 4.57. The first kappa shape index (κ1) is 13.8. The van der Waals surface area contributed by atoms with Gasteiger partial charge in [-0.2, -0.15) is 0 Å². The predicted octanol–water partition coefficient (Wildman–Crippen LogP) is 0.319. The molecule has 0 aliphatic heterocycles. The monoisotopic (exact) mass is 204 g/mol. The molecule has 0 saturated heterocycles. The lowest BCUT2D eigenvalue weighted by molar-refractivity contribution is 0.0532. The maximum absolute atomic E-state index is 5.51. The van der Waals surface area contributed by atoms with Crippen molar-refractivity contribution in [2.75, 3.05) is 46.5 Å². The molecular weight excluding hydrogens is 180 g/mol. The first-order chi connectivity index (χ1) is 6.70. The van der Waals surface area contributed by atoms with Crippen LogP contribution >= 0.6 is 0 Å². The average Bonchev–Trinajstić information content (AvgIpc) is 2.13. The van der Waals surface area contributed by atoms with Crippen molar-refractivity contribution in [3.63, 3.8) is 0 Å². The molecule has 0 aromatic rings. The van der Waals surface area contributed by atoms with Gasteiger partial charge in [-0.3, -0.25) is 4.90 Å². The van der Waals surface area contributed by atoms with Crippen molar-refractivity contribution in [1.29, 1.82) is 0 Å². The molecule has 0 unspecified atom stereocenters. The van der Waals surface area contributed by atoms with Gasteiger partial charge in [-0.05, 0) is 13.8 Å². The maximum Gasteiger partial charge on any atom is 0.0596 e. The topological polar surface area (TPSA) is 47.7 Å². The molecule has 0 rings (SSSR count). The minimum atomic E-state index is 0.303. The molecule has 0 radical (unpaired) electrons. The van der Waals surface area contributed by atoms with Crippen LogP contribution in [0.5, 0.6) is 0 Å². The van der Waals surface area contributed by atoms with Crippen molar-refractivity contribution in [3.8, 4) is 0 Å². The van der Waals surface area contributed by atoms with E-state index < -0.39 is 0 Å². The van der Waals surface area contributed by atoms with E-state index >= 15 is 0 Å². The Hall–Kier alpha value is -0.160. The van der Waals surface area contributed by atoms with E-state index in [1.807, 2.05) is 13.8 Å². The summed E-state index contributed by atoms with van der Waals surface area (Å²) in [5.41, 5.74) is 5.51. The van der Waals surface area contributed by atoms with E-state index in [0.29, 0.717) is 12.6 Å². The Bertz CT molecular complexity index is 121. The third-order valence-corrected chi connectivity index (χ3v) is 1.92. The summed E-state index contributed by atoms with van der Waals surface area (Å²) in [7, 11) is 1.71. The number of hydrogen-bond donors (Lipinski definition) is 1. The Morgan fingerprint density at radius 3 is 2.29 bits per heavy atom. The lowest BCUT2D eigenvalue weighted by atomic mass is 10.4. The van der Waals surface area contributed by atoms with Crippen LogP contribution < -0.4 is 5.73 Å². The average molecular weight is 204 g/mol. The molecule has 0 amide bonds. The summed E-state index contributed by atoms with van der Waals surface area (Å²) >= 11 is 0. The number of nitrogens with zero attached hydrogens (tertiary/aromatic N) is 1. The number of hydrogen-bond acceptors (Lipinski definition) is 4. The summed E-state index contributed by atoms with van der Waals surface area (Å²) in [6.45, 7) is 9.05. The fourth-order valence-corrected chi connectivity index (χ4v) is 1.16. The number of ether oxygens (including phenoxy) is 2. The molecule has 0 aromatic carbocycles. The molecule has 4 nitrogen and oxygen atoms in total. The van der Waals surface area contributed by atoms with Gasteiger partial charge in [-0.15, -0.1) is 0 Å². The normalized spacial score (nSPS) is 11.6. The lowest BCUT2D eigenvalue weighted by Crippen LogP contribution is -2.35. The third-order valence-electron chi connectivity index (χ3n) is 1.92. The zero-order chi connectivity index (χ0) is 10.8. The van der Waals surface area contributed by atoms with Crippen molar-refractivity contribution < 1.29 is 9.47 Å². The van der Waals surface area contributed by atoms with E-state index in [1.54, 1.807) is 7.11 Å². The standard InChI is InChI=1S/C10H24N2O2/c1-10(2)14-9-7-12(5-4-11)6-8-13-3/h10H,4-9,11H2,1-3H3. The van der Waals surface area contributed by atoms with Gasteiger partial charge in [0.1, 0.15) is 0 Å². The number of methoxy groups -OCH3 is 1. The second-order valence-electron chi connectivity index (χ2n) is 3.54. The van der Waals surface area contributed by atoms with E-state index in [0.717, 1.165) is 32.8 Å². The molecule has 4 heteroatoms. The molecule has 0 spiro atoms. The van der Waals surface area contributed by atoms with Crippen molar-refractivity contribution >= 4 is 0 Å². The lowest BCUT2D eigenvalue weighted by Gasteiger charge is -2.21. The number of nitrogens with two attached hydrogens (primary N) is 1. The van der Waals surface area contributed by atoms with Gasteiger partial charge < -0.3 is 15.2 Å². The molecular formula is C10H24N2O2. The molecule has 14 heavy (non-hydrogen) atoms. The number of rotatable bonds is 9. The Morgan fingerprint density at radius 2 is 1.79 bits per heavy atom. The van der Waals surface area contributed by atoms with Gasteiger partial charge in [0.15, 0.2) is 0 Å². The van der Waals surface area contributed by atoms with Crippen LogP contribution in [0.2, 0.25) is 0 Å². The minimum Gasteiger partial charge on any atom is -0.383 e. The van der Waals surface area contributed by atoms with Gasteiger partial charge in [0.05, 0.1) is 19.3 Å². The van der Waals surface area contributed by atoms with Crippen LogP contribution in [0.4, 0.5) is 0 Å². The van der Waals surface area contributed by atoms with Crippen LogP contribution in [0, 0.1) is 0 Å². The Labute approximate surface area is 87.4 Å². The minimum absolute atomic E-state index is 0.303. The van der Waals surface area contributed by atoms with Crippen molar-refractivity contribution in [1.82, 2.24) is 4.90 Å². The zero-order valence-electron chi connectivity index (χ0n) is 9.66. The van der Waals surface area contributed by atoms with Crippen LogP contribution in [-0.2, 0) is 9.47 Å². The molecule has 86 valence electrons. The van der Waals surface area contributed by atoms with E-state index in [9.17, 15) is 0 Å².